The van der Waals surface area contributed by atoms with Crippen LogP contribution in [0.25, 0.3) is 0 Å². The Hall–Kier alpha value is -1.72. The quantitative estimate of drug-likeness (QED) is 0.504. The van der Waals surface area contributed by atoms with E-state index < -0.39 is 0 Å². The highest BCUT2D eigenvalue weighted by Gasteiger charge is 2.19. The number of H-pyrrole nitrogens is 1. The van der Waals surface area contributed by atoms with E-state index in [-0.39, 0.29) is 17.5 Å². The molecule has 14 heavy (non-hydrogen) atoms. The second kappa shape index (κ2) is 3.21. The van der Waals surface area contributed by atoms with Gasteiger partial charge in [-0.05, 0) is 6.42 Å². The molecule has 0 aromatic carbocycles. The molecule has 1 aromatic rings. The fraction of sp³-hybridized carbons (Fsp3) is 0.500. The van der Waals surface area contributed by atoms with Gasteiger partial charge in [0, 0.05) is 12.6 Å². The summed E-state index contributed by atoms with van der Waals surface area (Å²) >= 11 is 0. The van der Waals surface area contributed by atoms with Crippen molar-refractivity contribution < 1.29 is 0 Å². The van der Waals surface area contributed by atoms with E-state index in [2.05, 4.69) is 27.5 Å². The van der Waals surface area contributed by atoms with Gasteiger partial charge in [0.1, 0.15) is 5.69 Å². The van der Waals surface area contributed by atoms with Gasteiger partial charge in [-0.1, -0.05) is 6.92 Å². The van der Waals surface area contributed by atoms with E-state index in [1.807, 2.05) is 0 Å². The highest BCUT2D eigenvalue weighted by Crippen LogP contribution is 2.20. The van der Waals surface area contributed by atoms with Gasteiger partial charge in [0.2, 0.25) is 5.95 Å². The zero-order valence-electron chi connectivity index (χ0n) is 7.92. The molecule has 2 heterocycles. The molecule has 1 aliphatic rings. The standard InChI is InChI=1S/C8H13N5O/c1-2-4-3-10-6-5(11-4)7(14)13-8(9)12-6/h4,11H,2-3H2,1H3,(H4,9,10,12,13,14). The van der Waals surface area contributed by atoms with Crippen molar-refractivity contribution in [2.24, 2.45) is 0 Å². The average molecular weight is 195 g/mol. The van der Waals surface area contributed by atoms with Gasteiger partial charge < -0.3 is 16.4 Å². The minimum absolute atomic E-state index is 0.137. The number of nitrogens with one attached hydrogen (secondary N) is 3. The molecule has 0 saturated carbocycles. The summed E-state index contributed by atoms with van der Waals surface area (Å²) in [4.78, 5) is 17.9. The van der Waals surface area contributed by atoms with Crippen LogP contribution >= 0.6 is 0 Å². The van der Waals surface area contributed by atoms with E-state index in [1.54, 1.807) is 0 Å². The van der Waals surface area contributed by atoms with Crippen LogP contribution in [0.15, 0.2) is 4.79 Å². The van der Waals surface area contributed by atoms with Gasteiger partial charge in [-0.15, -0.1) is 0 Å². The predicted molar refractivity (Wildman–Crippen MR) is 55.5 cm³/mol. The molecule has 6 nitrogen and oxygen atoms in total. The van der Waals surface area contributed by atoms with E-state index in [0.717, 1.165) is 13.0 Å². The summed E-state index contributed by atoms with van der Waals surface area (Å²) < 4.78 is 0. The normalized spacial score (nSPS) is 19.4. The third-order valence-corrected chi connectivity index (χ3v) is 2.29. The maximum atomic E-state index is 11.5. The first-order valence-corrected chi connectivity index (χ1v) is 4.61. The lowest BCUT2D eigenvalue weighted by molar-refractivity contribution is 0.706. The lowest BCUT2D eigenvalue weighted by atomic mass is 10.2. The molecule has 1 aliphatic heterocycles. The summed E-state index contributed by atoms with van der Waals surface area (Å²) in [5.41, 5.74) is 5.68. The monoisotopic (exact) mass is 195 g/mol. The summed E-state index contributed by atoms with van der Waals surface area (Å²) in [7, 11) is 0. The minimum atomic E-state index is -0.224. The first kappa shape index (κ1) is 8.86. The summed E-state index contributed by atoms with van der Waals surface area (Å²) in [6, 6.07) is 0.272. The maximum absolute atomic E-state index is 11.5. The molecular weight excluding hydrogens is 182 g/mol. The Morgan fingerprint density at radius 3 is 3.14 bits per heavy atom. The van der Waals surface area contributed by atoms with Crippen molar-refractivity contribution in [3.05, 3.63) is 10.4 Å². The van der Waals surface area contributed by atoms with Crippen LogP contribution in [0, 0.1) is 0 Å². The van der Waals surface area contributed by atoms with E-state index in [9.17, 15) is 4.79 Å². The van der Waals surface area contributed by atoms with Crippen LogP contribution in [-0.4, -0.2) is 22.6 Å². The number of hydrogen-bond donors (Lipinski definition) is 4. The van der Waals surface area contributed by atoms with Crippen molar-refractivity contribution in [1.82, 2.24) is 9.97 Å². The Morgan fingerprint density at radius 1 is 1.64 bits per heavy atom. The van der Waals surface area contributed by atoms with Crippen molar-refractivity contribution in [2.45, 2.75) is 19.4 Å². The topological polar surface area (TPSA) is 95.8 Å². The molecule has 2 rings (SSSR count). The zero-order valence-corrected chi connectivity index (χ0v) is 7.92. The maximum Gasteiger partial charge on any atom is 0.277 e. The Kier molecular flexibility index (Phi) is 2.03. The second-order valence-corrected chi connectivity index (χ2v) is 3.31. The van der Waals surface area contributed by atoms with E-state index >= 15 is 0 Å². The number of rotatable bonds is 1. The average Bonchev–Trinajstić information content (AvgIpc) is 2.17. The van der Waals surface area contributed by atoms with Crippen LogP contribution in [0.4, 0.5) is 17.5 Å². The molecule has 0 aliphatic carbocycles. The Morgan fingerprint density at radius 2 is 2.43 bits per heavy atom. The SMILES string of the molecule is CCC1CNc2nc(N)[nH]c(=O)c2N1. The molecule has 1 unspecified atom stereocenters. The van der Waals surface area contributed by atoms with Gasteiger partial charge in [0.05, 0.1) is 0 Å². The summed E-state index contributed by atoms with van der Waals surface area (Å²) in [5, 5.41) is 6.19. The molecule has 6 heteroatoms. The molecule has 1 aromatic heterocycles. The first-order chi connectivity index (χ1) is 6.70. The summed E-state index contributed by atoms with van der Waals surface area (Å²) in [6.07, 6.45) is 0.955. The molecule has 0 fully saturated rings. The highest BCUT2D eigenvalue weighted by molar-refractivity contribution is 5.67. The fourth-order valence-electron chi connectivity index (χ4n) is 1.47. The number of anilines is 3. The van der Waals surface area contributed by atoms with Crippen LogP contribution in [0.1, 0.15) is 13.3 Å². The van der Waals surface area contributed by atoms with Crippen LogP contribution in [0.5, 0.6) is 0 Å². The smallest absolute Gasteiger partial charge is 0.277 e. The van der Waals surface area contributed by atoms with E-state index in [4.69, 9.17) is 5.73 Å². The molecule has 0 bridgehead atoms. The Labute approximate surface area is 80.9 Å². The van der Waals surface area contributed by atoms with Gasteiger partial charge in [0.15, 0.2) is 5.82 Å². The Balaban J connectivity index is 2.42. The van der Waals surface area contributed by atoms with E-state index in [1.165, 1.54) is 0 Å². The third-order valence-electron chi connectivity index (χ3n) is 2.29. The molecular formula is C8H13N5O. The lowest BCUT2D eigenvalue weighted by Gasteiger charge is -2.25. The first-order valence-electron chi connectivity index (χ1n) is 4.61. The third kappa shape index (κ3) is 1.39. The van der Waals surface area contributed by atoms with Crippen LogP contribution in [-0.2, 0) is 0 Å². The van der Waals surface area contributed by atoms with E-state index in [0.29, 0.717) is 11.5 Å². The molecule has 76 valence electrons. The van der Waals surface area contributed by atoms with Crippen molar-refractivity contribution in [1.29, 1.82) is 0 Å². The number of hydrogen-bond acceptors (Lipinski definition) is 5. The van der Waals surface area contributed by atoms with Crippen molar-refractivity contribution in [3.8, 4) is 0 Å². The lowest BCUT2D eigenvalue weighted by Crippen LogP contribution is -2.36. The minimum Gasteiger partial charge on any atom is -0.373 e. The molecule has 5 N–H and O–H groups in total. The zero-order chi connectivity index (χ0) is 10.1. The van der Waals surface area contributed by atoms with Crippen LogP contribution < -0.4 is 21.9 Å². The summed E-state index contributed by atoms with van der Waals surface area (Å²) in [6.45, 7) is 2.82. The van der Waals surface area contributed by atoms with Crippen molar-refractivity contribution in [2.75, 3.05) is 22.9 Å². The van der Waals surface area contributed by atoms with Gasteiger partial charge in [-0.2, -0.15) is 4.98 Å². The second-order valence-electron chi connectivity index (χ2n) is 3.31. The van der Waals surface area contributed by atoms with Gasteiger partial charge in [0.25, 0.3) is 5.56 Å². The van der Waals surface area contributed by atoms with Crippen molar-refractivity contribution in [3.63, 3.8) is 0 Å². The molecule has 1 atom stereocenters. The largest absolute Gasteiger partial charge is 0.373 e. The Bertz CT molecular complexity index is 399. The molecule has 0 saturated heterocycles. The molecule has 0 radical (unpaired) electrons. The number of fused-ring (bicyclic) bond motifs is 1. The summed E-state index contributed by atoms with van der Waals surface area (Å²) in [5.74, 6) is 0.675. The highest BCUT2D eigenvalue weighted by atomic mass is 16.1. The fourth-order valence-corrected chi connectivity index (χ4v) is 1.47. The van der Waals surface area contributed by atoms with Crippen LogP contribution in [0.3, 0.4) is 0 Å². The van der Waals surface area contributed by atoms with Gasteiger partial charge >= 0.3 is 0 Å². The number of aromatic amines is 1. The van der Waals surface area contributed by atoms with Crippen LogP contribution in [0.2, 0.25) is 0 Å². The number of nitrogens with two attached hydrogens (primary N) is 1. The number of nitrogen functional groups attached to an aromatic ring is 1. The predicted octanol–water partition coefficient (Wildman–Crippen LogP) is -0.0319. The number of aromatic nitrogens is 2. The molecule has 0 spiro atoms. The van der Waals surface area contributed by atoms with Crippen molar-refractivity contribution >= 4 is 17.5 Å². The molecule has 0 amide bonds. The number of nitrogens with zero attached hydrogens (tertiary/aromatic N) is 1. The van der Waals surface area contributed by atoms with Gasteiger partial charge in [-0.3, -0.25) is 9.78 Å². The van der Waals surface area contributed by atoms with Gasteiger partial charge in [-0.25, -0.2) is 0 Å².